The molecule has 0 saturated heterocycles. The number of benzene rings is 1. The highest BCUT2D eigenvalue weighted by atomic mass is 32.2. The second-order valence-corrected chi connectivity index (χ2v) is 7.49. The molecule has 0 unspecified atom stereocenters. The number of ether oxygens (including phenoxy) is 1. The van der Waals surface area contributed by atoms with Crippen molar-refractivity contribution in [1.29, 1.82) is 0 Å². The van der Waals surface area contributed by atoms with Crippen LogP contribution in [0.15, 0.2) is 41.6 Å². The van der Waals surface area contributed by atoms with Crippen LogP contribution in [0.1, 0.15) is 25.7 Å². The number of alkyl halides is 3. The molecule has 1 aromatic heterocycles. The van der Waals surface area contributed by atoms with E-state index in [1.807, 2.05) is 0 Å². The summed E-state index contributed by atoms with van der Waals surface area (Å²) in [4.78, 5) is 16.0. The van der Waals surface area contributed by atoms with Gasteiger partial charge in [-0.1, -0.05) is 6.07 Å². The number of carbonyl (C=O) groups is 1. The van der Waals surface area contributed by atoms with Gasteiger partial charge in [0.2, 0.25) is 11.7 Å². The second kappa shape index (κ2) is 11.3. The van der Waals surface area contributed by atoms with Crippen LogP contribution in [0.25, 0.3) is 0 Å². The molecule has 1 amide bonds. The Kier molecular flexibility index (Phi) is 9.05. The molecular weight excluding hydrogens is 441 g/mol. The number of nitrogens with one attached hydrogen (secondary N) is 1. The molecule has 1 aliphatic rings. The molecule has 0 radical (unpaired) electrons. The predicted octanol–water partition coefficient (Wildman–Crippen LogP) is 5.33. The summed E-state index contributed by atoms with van der Waals surface area (Å²) in [5.74, 6) is -3.78. The second-order valence-electron chi connectivity index (χ2n) is 6.84. The van der Waals surface area contributed by atoms with E-state index in [9.17, 15) is 26.7 Å². The van der Waals surface area contributed by atoms with Crippen LogP contribution in [0.2, 0.25) is 0 Å². The van der Waals surface area contributed by atoms with Gasteiger partial charge in [0.25, 0.3) is 0 Å². The minimum absolute atomic E-state index is 0.0157. The molecule has 3 N–H and O–H groups in total. The lowest BCUT2D eigenvalue weighted by molar-refractivity contribution is -0.184. The predicted molar refractivity (Wildman–Crippen MR) is 107 cm³/mol. The Balaban J connectivity index is 0.000000285. The molecule has 0 atom stereocenters. The summed E-state index contributed by atoms with van der Waals surface area (Å²) in [5.41, 5.74) is 0.556. The van der Waals surface area contributed by atoms with Crippen LogP contribution in [0.4, 0.5) is 27.6 Å². The van der Waals surface area contributed by atoms with Crippen molar-refractivity contribution in [3.8, 4) is 5.75 Å². The number of anilines is 1. The number of hydrogen-bond donors (Lipinski definition) is 2. The first-order valence-electron chi connectivity index (χ1n) is 9.34. The number of nitrogens with zero attached hydrogens (tertiary/aromatic N) is 1. The van der Waals surface area contributed by atoms with Crippen LogP contribution < -0.4 is 15.2 Å². The van der Waals surface area contributed by atoms with Gasteiger partial charge in [-0.15, -0.1) is 0 Å². The third-order valence-corrected chi connectivity index (χ3v) is 5.28. The van der Waals surface area contributed by atoms with Gasteiger partial charge in [0.1, 0.15) is 5.03 Å². The fourth-order valence-corrected chi connectivity index (χ4v) is 3.44. The maximum atomic E-state index is 12.6. The van der Waals surface area contributed by atoms with E-state index >= 15 is 0 Å². The maximum absolute atomic E-state index is 12.6. The molecule has 0 aliphatic heterocycles. The molecule has 2 aromatic rings. The topological polar surface area (TPSA) is 77.2 Å². The normalized spacial score (nSPS) is 18.5. The van der Waals surface area contributed by atoms with Crippen molar-refractivity contribution in [2.45, 2.75) is 36.9 Å². The summed E-state index contributed by atoms with van der Waals surface area (Å²) in [7, 11) is 1.29. The quantitative estimate of drug-likeness (QED) is 0.474. The lowest BCUT2D eigenvalue weighted by Crippen LogP contribution is -2.32. The van der Waals surface area contributed by atoms with E-state index in [0.717, 1.165) is 18.0 Å². The van der Waals surface area contributed by atoms with Gasteiger partial charge in [-0.2, -0.15) is 17.6 Å². The summed E-state index contributed by atoms with van der Waals surface area (Å²) in [6.45, 7) is 0. The largest absolute Gasteiger partial charge is 0.494 e. The molecule has 1 heterocycles. The summed E-state index contributed by atoms with van der Waals surface area (Å²) < 4.78 is 67.1. The van der Waals surface area contributed by atoms with Gasteiger partial charge in [0.05, 0.1) is 13.0 Å². The Bertz CT molecular complexity index is 874. The highest BCUT2D eigenvalue weighted by Crippen LogP contribution is 2.39. The molecule has 3 rings (SSSR count). The van der Waals surface area contributed by atoms with Crippen molar-refractivity contribution in [3.63, 3.8) is 0 Å². The van der Waals surface area contributed by atoms with Crippen LogP contribution in [0.3, 0.4) is 0 Å². The van der Waals surface area contributed by atoms with E-state index in [4.69, 9.17) is 5.14 Å². The van der Waals surface area contributed by atoms with E-state index in [-0.39, 0.29) is 43.3 Å². The summed E-state index contributed by atoms with van der Waals surface area (Å²) in [5, 5.41) is 8.66. The molecular formula is C20H22F5N3O2S. The molecule has 0 spiro atoms. The van der Waals surface area contributed by atoms with Crippen molar-refractivity contribution >= 4 is 23.5 Å². The zero-order valence-corrected chi connectivity index (χ0v) is 17.4. The van der Waals surface area contributed by atoms with E-state index in [0.29, 0.717) is 10.7 Å². The molecule has 5 nitrogen and oxygen atoms in total. The zero-order valence-electron chi connectivity index (χ0n) is 16.6. The van der Waals surface area contributed by atoms with Gasteiger partial charge in [-0.3, -0.25) is 9.93 Å². The van der Waals surface area contributed by atoms with Crippen LogP contribution in [0, 0.1) is 23.5 Å². The smallest absolute Gasteiger partial charge is 0.391 e. The molecule has 1 aromatic carbocycles. The third-order valence-electron chi connectivity index (χ3n) is 4.82. The van der Waals surface area contributed by atoms with Gasteiger partial charge < -0.3 is 10.1 Å². The lowest BCUT2D eigenvalue weighted by Gasteiger charge is -2.29. The number of pyridine rings is 1. The Morgan fingerprint density at radius 3 is 2.42 bits per heavy atom. The highest BCUT2D eigenvalue weighted by Gasteiger charge is 2.42. The zero-order chi connectivity index (χ0) is 23.0. The van der Waals surface area contributed by atoms with Crippen molar-refractivity contribution in [2.24, 2.45) is 17.0 Å². The molecule has 170 valence electrons. The Morgan fingerprint density at radius 2 is 1.87 bits per heavy atom. The number of halogens is 5. The molecule has 31 heavy (non-hydrogen) atoms. The Hall–Kier alpha value is -2.40. The van der Waals surface area contributed by atoms with Crippen molar-refractivity contribution in [2.75, 3.05) is 12.4 Å². The molecule has 1 aliphatic carbocycles. The van der Waals surface area contributed by atoms with Gasteiger partial charge in [0.15, 0.2) is 11.6 Å². The Morgan fingerprint density at radius 1 is 1.19 bits per heavy atom. The van der Waals surface area contributed by atoms with Gasteiger partial charge >= 0.3 is 6.18 Å². The maximum Gasteiger partial charge on any atom is 0.391 e. The number of aromatic nitrogens is 1. The van der Waals surface area contributed by atoms with Gasteiger partial charge in [0, 0.05) is 17.8 Å². The minimum atomic E-state index is -4.15. The number of rotatable bonds is 4. The molecule has 1 fully saturated rings. The SMILES string of the molecule is COc1cccc(F)c1F.NSc1cc(NC(=O)C2CCC(C(F)(F)F)CC2)ccn1. The first-order chi connectivity index (χ1) is 14.7. The van der Waals surface area contributed by atoms with Crippen molar-refractivity contribution in [1.82, 2.24) is 4.98 Å². The first-order valence-corrected chi connectivity index (χ1v) is 10.2. The van der Waals surface area contributed by atoms with Gasteiger partial charge in [-0.25, -0.2) is 9.37 Å². The highest BCUT2D eigenvalue weighted by molar-refractivity contribution is 7.97. The van der Waals surface area contributed by atoms with Gasteiger partial charge in [-0.05, 0) is 61.9 Å². The van der Waals surface area contributed by atoms with E-state index in [1.165, 1.54) is 25.4 Å². The molecule has 1 saturated carbocycles. The average molecular weight is 463 g/mol. The number of nitrogens with two attached hydrogens (primary N) is 1. The summed E-state index contributed by atoms with van der Waals surface area (Å²) in [6, 6.07) is 7.04. The lowest BCUT2D eigenvalue weighted by atomic mass is 9.81. The number of amides is 1. The van der Waals surface area contributed by atoms with E-state index < -0.39 is 23.7 Å². The first kappa shape index (κ1) is 24.9. The number of carbonyl (C=O) groups excluding carboxylic acids is 1. The fourth-order valence-electron chi connectivity index (χ4n) is 3.12. The summed E-state index contributed by atoms with van der Waals surface area (Å²) in [6.07, 6.45) is -2.08. The summed E-state index contributed by atoms with van der Waals surface area (Å²) >= 11 is 0.961. The average Bonchev–Trinajstić information content (AvgIpc) is 2.75. The monoisotopic (exact) mass is 463 g/mol. The van der Waals surface area contributed by atoms with Crippen LogP contribution in [-0.4, -0.2) is 24.2 Å². The van der Waals surface area contributed by atoms with Crippen LogP contribution >= 0.6 is 11.9 Å². The van der Waals surface area contributed by atoms with E-state index in [2.05, 4.69) is 15.0 Å². The van der Waals surface area contributed by atoms with Crippen molar-refractivity contribution in [3.05, 3.63) is 48.2 Å². The Labute approximate surface area is 180 Å². The number of methoxy groups -OCH3 is 1. The van der Waals surface area contributed by atoms with Crippen molar-refractivity contribution < 1.29 is 31.5 Å². The van der Waals surface area contributed by atoms with Crippen LogP contribution in [0.5, 0.6) is 5.75 Å². The minimum Gasteiger partial charge on any atom is -0.494 e. The molecule has 11 heteroatoms. The fraction of sp³-hybridized carbons (Fsp3) is 0.400. The number of hydrogen-bond acceptors (Lipinski definition) is 5. The van der Waals surface area contributed by atoms with E-state index in [1.54, 1.807) is 12.1 Å². The standard InChI is InChI=1S/C13H16F3N3OS.C7H6F2O/c14-13(15,16)9-3-1-8(2-4-9)12(20)19-10-5-6-18-11(7-10)21-17;1-10-6-4-2-3-5(8)7(6)9/h5-9H,1-4,17H2,(H,18,19,20);2-4H,1H3. The third kappa shape index (κ3) is 7.35. The van der Waals surface area contributed by atoms with Crippen LogP contribution in [-0.2, 0) is 4.79 Å². The molecule has 0 bridgehead atoms.